The van der Waals surface area contributed by atoms with Crippen LogP contribution in [0.15, 0.2) is 46.9 Å². The fourth-order valence-corrected chi connectivity index (χ4v) is 3.99. The molecule has 4 rings (SSSR count). The van der Waals surface area contributed by atoms with Crippen molar-refractivity contribution < 1.29 is 23.5 Å². The van der Waals surface area contributed by atoms with Gasteiger partial charge in [0, 0.05) is 5.69 Å². The second-order valence-electron chi connectivity index (χ2n) is 8.11. The van der Waals surface area contributed by atoms with Crippen molar-refractivity contribution in [3.05, 3.63) is 69.9 Å². The lowest BCUT2D eigenvalue weighted by Gasteiger charge is -2.16. The first-order chi connectivity index (χ1) is 16.5. The maximum atomic E-state index is 12.5. The smallest absolute Gasteiger partial charge is 0.338 e. The van der Waals surface area contributed by atoms with Gasteiger partial charge in [-0.15, -0.1) is 5.10 Å². The Balaban J connectivity index is 1.33. The minimum Gasteiger partial charge on any atom is -0.484 e. The zero-order valence-electron chi connectivity index (χ0n) is 19.0. The van der Waals surface area contributed by atoms with Gasteiger partial charge >= 0.3 is 5.97 Å². The Morgan fingerprint density at radius 3 is 2.79 bits per heavy atom. The number of carbonyl (C=O) groups is 2. The maximum Gasteiger partial charge on any atom is 0.338 e. The van der Waals surface area contributed by atoms with E-state index in [0.717, 1.165) is 25.0 Å². The molecule has 0 radical (unpaired) electrons. The van der Waals surface area contributed by atoms with Gasteiger partial charge in [-0.3, -0.25) is 4.79 Å². The van der Waals surface area contributed by atoms with Crippen LogP contribution >= 0.6 is 12.2 Å². The fraction of sp³-hybridized carbons (Fsp3) is 0.360. The summed E-state index contributed by atoms with van der Waals surface area (Å²) in [5.41, 5.74) is 3.55. The van der Waals surface area contributed by atoms with E-state index in [4.69, 9.17) is 26.1 Å². The first kappa shape index (κ1) is 23.7. The summed E-state index contributed by atoms with van der Waals surface area (Å²) in [6.07, 6.45) is 5.35. The molecule has 1 aliphatic carbocycles. The SMILES string of the molecule is CCCOC(=O)c1cccc(NC(=O)Cn2nc(COc3ccc4c(c3)CCCC4)oc2=S)c1. The van der Waals surface area contributed by atoms with Crippen LogP contribution in [0.4, 0.5) is 5.69 Å². The molecule has 1 heterocycles. The van der Waals surface area contributed by atoms with Crippen LogP contribution < -0.4 is 10.1 Å². The van der Waals surface area contributed by atoms with E-state index in [9.17, 15) is 9.59 Å². The third-order valence-electron chi connectivity index (χ3n) is 5.44. The number of benzene rings is 2. The molecule has 9 heteroatoms. The zero-order valence-corrected chi connectivity index (χ0v) is 19.9. The van der Waals surface area contributed by atoms with Crippen molar-refractivity contribution in [1.82, 2.24) is 9.78 Å². The van der Waals surface area contributed by atoms with E-state index in [2.05, 4.69) is 22.5 Å². The number of amides is 1. The number of anilines is 1. The molecule has 0 saturated carbocycles. The van der Waals surface area contributed by atoms with E-state index in [-0.39, 0.29) is 29.8 Å². The predicted octanol–water partition coefficient (Wildman–Crippen LogP) is 4.87. The highest BCUT2D eigenvalue weighted by Crippen LogP contribution is 2.25. The first-order valence-electron chi connectivity index (χ1n) is 11.4. The number of nitrogens with one attached hydrogen (secondary N) is 1. The molecule has 3 aromatic rings. The van der Waals surface area contributed by atoms with Crippen molar-refractivity contribution >= 4 is 29.8 Å². The molecule has 0 spiro atoms. The molecule has 8 nitrogen and oxygen atoms in total. The van der Waals surface area contributed by atoms with Crippen molar-refractivity contribution in [1.29, 1.82) is 0 Å². The zero-order chi connectivity index (χ0) is 23.9. The maximum absolute atomic E-state index is 12.5. The van der Waals surface area contributed by atoms with E-state index in [1.54, 1.807) is 24.3 Å². The number of aromatic nitrogens is 2. The summed E-state index contributed by atoms with van der Waals surface area (Å²) < 4.78 is 17.8. The molecule has 1 N–H and O–H groups in total. The average Bonchev–Trinajstić information content (AvgIpc) is 3.19. The van der Waals surface area contributed by atoms with Crippen molar-refractivity contribution in [2.45, 2.75) is 52.2 Å². The molecule has 0 saturated heterocycles. The molecule has 0 aliphatic heterocycles. The molecule has 1 amide bonds. The largest absolute Gasteiger partial charge is 0.484 e. The van der Waals surface area contributed by atoms with Gasteiger partial charge in [0.2, 0.25) is 5.91 Å². The van der Waals surface area contributed by atoms with Crippen molar-refractivity contribution in [2.24, 2.45) is 0 Å². The summed E-state index contributed by atoms with van der Waals surface area (Å²) >= 11 is 5.20. The summed E-state index contributed by atoms with van der Waals surface area (Å²) in [6.45, 7) is 2.24. The van der Waals surface area contributed by atoms with Crippen LogP contribution in [0, 0.1) is 4.84 Å². The van der Waals surface area contributed by atoms with Gasteiger partial charge in [0.25, 0.3) is 10.7 Å². The van der Waals surface area contributed by atoms with E-state index >= 15 is 0 Å². The number of hydrogen-bond acceptors (Lipinski definition) is 7. The van der Waals surface area contributed by atoms with Gasteiger partial charge in [0.1, 0.15) is 12.3 Å². The van der Waals surface area contributed by atoms with Gasteiger partial charge in [0.15, 0.2) is 6.61 Å². The number of hydrogen-bond donors (Lipinski definition) is 1. The van der Waals surface area contributed by atoms with Crippen LogP contribution in [-0.2, 0) is 35.5 Å². The summed E-state index contributed by atoms with van der Waals surface area (Å²) in [5.74, 6) is 0.258. The van der Waals surface area contributed by atoms with Crippen LogP contribution in [-0.4, -0.2) is 28.3 Å². The number of nitrogens with zero attached hydrogens (tertiary/aromatic N) is 2. The lowest BCUT2D eigenvalue weighted by atomic mass is 9.92. The Hall–Kier alpha value is -3.46. The fourth-order valence-electron chi connectivity index (χ4n) is 3.79. The Morgan fingerprint density at radius 2 is 1.97 bits per heavy atom. The van der Waals surface area contributed by atoms with Gasteiger partial charge in [-0.25, -0.2) is 9.48 Å². The molecule has 2 aromatic carbocycles. The second-order valence-corrected chi connectivity index (χ2v) is 8.46. The highest BCUT2D eigenvalue weighted by atomic mass is 32.1. The molecule has 1 aromatic heterocycles. The van der Waals surface area contributed by atoms with E-state index in [0.29, 0.717) is 17.9 Å². The summed E-state index contributed by atoms with van der Waals surface area (Å²) in [6, 6.07) is 12.7. The predicted molar refractivity (Wildman–Crippen MR) is 128 cm³/mol. The monoisotopic (exact) mass is 481 g/mol. The molecule has 34 heavy (non-hydrogen) atoms. The summed E-state index contributed by atoms with van der Waals surface area (Å²) in [5, 5.41) is 7.00. The van der Waals surface area contributed by atoms with Crippen LogP contribution in [0.25, 0.3) is 0 Å². The molecule has 0 unspecified atom stereocenters. The first-order valence-corrected chi connectivity index (χ1v) is 11.8. The third-order valence-corrected chi connectivity index (χ3v) is 5.74. The average molecular weight is 482 g/mol. The number of fused-ring (bicyclic) bond motifs is 1. The van der Waals surface area contributed by atoms with Gasteiger partial charge in [-0.2, -0.15) is 0 Å². The van der Waals surface area contributed by atoms with E-state index in [1.807, 2.05) is 13.0 Å². The van der Waals surface area contributed by atoms with Gasteiger partial charge in [-0.05, 0) is 85.8 Å². The normalized spacial score (nSPS) is 12.6. The number of rotatable bonds is 9. The minimum absolute atomic E-state index is 0.0797. The Bertz CT molecular complexity index is 1230. The standard InChI is InChI=1S/C25H27N3O5S/c1-2-12-31-24(30)19-8-5-9-20(13-19)26-22(29)15-28-25(34)33-23(27-28)16-32-21-11-10-17-6-3-4-7-18(17)14-21/h5,8-11,13-14H,2-4,6-7,12,15-16H2,1H3,(H,26,29). The number of esters is 1. The van der Waals surface area contributed by atoms with Crippen LogP contribution in [0.5, 0.6) is 5.75 Å². The van der Waals surface area contributed by atoms with Crippen molar-refractivity contribution in [3.63, 3.8) is 0 Å². The Morgan fingerprint density at radius 1 is 1.15 bits per heavy atom. The molecular formula is C25H27N3O5S. The topological polar surface area (TPSA) is 95.6 Å². The van der Waals surface area contributed by atoms with Crippen LogP contribution in [0.2, 0.25) is 0 Å². The minimum atomic E-state index is -0.430. The van der Waals surface area contributed by atoms with Crippen molar-refractivity contribution in [3.8, 4) is 5.75 Å². The molecule has 178 valence electrons. The Labute approximate surface area is 202 Å². The number of aryl methyl sites for hydroxylation is 2. The van der Waals surface area contributed by atoms with Gasteiger partial charge in [0.05, 0.1) is 12.2 Å². The highest BCUT2D eigenvalue weighted by molar-refractivity contribution is 7.71. The lowest BCUT2D eigenvalue weighted by molar-refractivity contribution is -0.117. The van der Waals surface area contributed by atoms with Crippen LogP contribution in [0.1, 0.15) is 53.6 Å². The lowest BCUT2D eigenvalue weighted by Crippen LogP contribution is -2.20. The third kappa shape index (κ3) is 6.11. The second kappa shape index (κ2) is 11.1. The Kier molecular flexibility index (Phi) is 7.74. The molecule has 1 aliphatic rings. The van der Waals surface area contributed by atoms with Crippen LogP contribution in [0.3, 0.4) is 0 Å². The number of carbonyl (C=O) groups excluding carboxylic acids is 2. The van der Waals surface area contributed by atoms with E-state index in [1.165, 1.54) is 28.7 Å². The number of ether oxygens (including phenoxy) is 2. The van der Waals surface area contributed by atoms with Crippen molar-refractivity contribution in [2.75, 3.05) is 11.9 Å². The molecule has 0 fully saturated rings. The van der Waals surface area contributed by atoms with E-state index < -0.39 is 5.97 Å². The highest BCUT2D eigenvalue weighted by Gasteiger charge is 2.14. The molecular weight excluding hydrogens is 454 g/mol. The molecule has 0 atom stereocenters. The van der Waals surface area contributed by atoms with Gasteiger partial charge < -0.3 is 19.2 Å². The summed E-state index contributed by atoms with van der Waals surface area (Å²) in [7, 11) is 0. The van der Waals surface area contributed by atoms with Gasteiger partial charge in [-0.1, -0.05) is 19.1 Å². The summed E-state index contributed by atoms with van der Waals surface area (Å²) in [4.78, 5) is 24.6. The quantitative estimate of drug-likeness (QED) is 0.344. The molecule has 0 bridgehead atoms.